The van der Waals surface area contributed by atoms with Crippen molar-refractivity contribution in [2.45, 2.75) is 0 Å². The molecule has 1 aromatic heterocycles. The summed E-state index contributed by atoms with van der Waals surface area (Å²) in [5, 5.41) is 17.6. The van der Waals surface area contributed by atoms with E-state index in [0.717, 1.165) is 11.1 Å². The van der Waals surface area contributed by atoms with Gasteiger partial charge in [0.2, 0.25) is 5.91 Å². The van der Waals surface area contributed by atoms with Crippen LogP contribution in [0.4, 0.5) is 0 Å². The average molecular weight is 227 g/mol. The van der Waals surface area contributed by atoms with Gasteiger partial charge >= 0.3 is 5.97 Å². The number of carboxylic acid groups (broad SMARTS) is 1. The summed E-state index contributed by atoms with van der Waals surface area (Å²) >= 11 is 0. The number of aromatic amines is 1. The summed E-state index contributed by atoms with van der Waals surface area (Å²) in [5.74, 6) is -2.79. The molecule has 0 radical (unpaired) electrons. The zero-order chi connectivity index (χ0) is 12.1. The van der Waals surface area contributed by atoms with Crippen LogP contribution in [0.1, 0.15) is 10.5 Å². The Hall–Kier alpha value is -2.45. The van der Waals surface area contributed by atoms with Crippen LogP contribution in [0.25, 0.3) is 0 Å². The summed E-state index contributed by atoms with van der Waals surface area (Å²) in [5.41, 5.74) is 4.81. The van der Waals surface area contributed by atoms with E-state index in [1.165, 1.54) is 0 Å². The first-order chi connectivity index (χ1) is 7.50. The second kappa shape index (κ2) is 4.87. The van der Waals surface area contributed by atoms with Crippen LogP contribution in [0.3, 0.4) is 0 Å². The summed E-state index contributed by atoms with van der Waals surface area (Å²) in [6.07, 6.45) is 1.12. The molecule has 1 rings (SSSR count). The summed E-state index contributed by atoms with van der Waals surface area (Å²) in [6, 6.07) is 0. The smallest absolute Gasteiger partial charge is 0.323 e. The lowest BCUT2D eigenvalue weighted by atomic mass is 10.3. The fraction of sp³-hybridized carbons (Fsp3) is 0.286. The molecule has 2 amide bonds. The van der Waals surface area contributed by atoms with Crippen LogP contribution in [0.15, 0.2) is 6.20 Å². The number of aromatic nitrogens is 3. The third-order valence-electron chi connectivity index (χ3n) is 1.59. The van der Waals surface area contributed by atoms with Gasteiger partial charge in [-0.3, -0.25) is 14.4 Å². The Morgan fingerprint density at radius 2 is 2.12 bits per heavy atom. The quantitative estimate of drug-likeness (QED) is 0.521. The minimum absolute atomic E-state index is 0.0810. The lowest BCUT2D eigenvalue weighted by Gasteiger charge is -2.16. The number of carbonyl (C=O) groups is 3. The maximum absolute atomic E-state index is 11.6. The van der Waals surface area contributed by atoms with Gasteiger partial charge < -0.3 is 15.7 Å². The Kier molecular flexibility index (Phi) is 3.53. The van der Waals surface area contributed by atoms with Crippen LogP contribution < -0.4 is 5.73 Å². The number of nitrogens with zero attached hydrogens (tertiary/aromatic N) is 3. The molecule has 9 heteroatoms. The van der Waals surface area contributed by atoms with Gasteiger partial charge in [-0.25, -0.2) is 0 Å². The van der Waals surface area contributed by atoms with E-state index in [1.807, 2.05) is 0 Å². The highest BCUT2D eigenvalue weighted by atomic mass is 16.4. The number of primary amides is 1. The molecule has 0 atom stereocenters. The van der Waals surface area contributed by atoms with Crippen molar-refractivity contribution in [2.24, 2.45) is 5.73 Å². The maximum Gasteiger partial charge on any atom is 0.323 e. The summed E-state index contributed by atoms with van der Waals surface area (Å²) in [6.45, 7) is -1.12. The van der Waals surface area contributed by atoms with E-state index in [4.69, 9.17) is 10.8 Å². The minimum Gasteiger partial charge on any atom is -0.480 e. The number of nitrogens with two attached hydrogens (primary N) is 1. The van der Waals surface area contributed by atoms with Crippen molar-refractivity contribution in [1.82, 2.24) is 20.3 Å². The van der Waals surface area contributed by atoms with E-state index >= 15 is 0 Å². The largest absolute Gasteiger partial charge is 0.480 e. The average Bonchev–Trinajstić information content (AvgIpc) is 2.66. The number of hydrogen-bond donors (Lipinski definition) is 3. The Bertz CT molecular complexity index is 385. The third-order valence-corrected chi connectivity index (χ3v) is 1.59. The van der Waals surface area contributed by atoms with Crippen molar-refractivity contribution in [3.8, 4) is 0 Å². The fourth-order valence-corrected chi connectivity index (χ4v) is 1.02. The zero-order valence-corrected chi connectivity index (χ0v) is 8.08. The lowest BCUT2D eigenvalue weighted by Crippen LogP contribution is -2.41. The molecular formula is C7H9N5O4. The zero-order valence-electron chi connectivity index (χ0n) is 8.08. The monoisotopic (exact) mass is 227 g/mol. The first-order valence-electron chi connectivity index (χ1n) is 4.16. The molecule has 1 aromatic rings. The van der Waals surface area contributed by atoms with Crippen LogP contribution in [0.2, 0.25) is 0 Å². The fourth-order valence-electron chi connectivity index (χ4n) is 1.02. The molecule has 0 bridgehead atoms. The van der Waals surface area contributed by atoms with Gasteiger partial charge in [0.05, 0.1) is 6.20 Å². The molecule has 0 fully saturated rings. The number of H-pyrrole nitrogens is 1. The van der Waals surface area contributed by atoms with Gasteiger partial charge in [0.1, 0.15) is 13.1 Å². The topological polar surface area (TPSA) is 142 Å². The predicted molar refractivity (Wildman–Crippen MR) is 49.1 cm³/mol. The second-order valence-corrected chi connectivity index (χ2v) is 2.88. The summed E-state index contributed by atoms with van der Waals surface area (Å²) < 4.78 is 0. The molecule has 0 aliphatic carbocycles. The molecule has 1 heterocycles. The van der Waals surface area contributed by atoms with Crippen molar-refractivity contribution in [2.75, 3.05) is 13.1 Å². The highest BCUT2D eigenvalue weighted by molar-refractivity contribution is 5.96. The van der Waals surface area contributed by atoms with Gasteiger partial charge in [0.15, 0.2) is 5.69 Å². The summed E-state index contributed by atoms with van der Waals surface area (Å²) in [7, 11) is 0. The van der Waals surface area contributed by atoms with Crippen molar-refractivity contribution in [3.63, 3.8) is 0 Å². The van der Waals surface area contributed by atoms with Gasteiger partial charge in [-0.05, 0) is 0 Å². The minimum atomic E-state index is -1.25. The van der Waals surface area contributed by atoms with E-state index < -0.39 is 30.9 Å². The van der Waals surface area contributed by atoms with Crippen LogP contribution in [-0.4, -0.2) is 56.3 Å². The number of hydrogen-bond acceptors (Lipinski definition) is 5. The molecule has 0 aliphatic rings. The molecule has 4 N–H and O–H groups in total. The Balaban J connectivity index is 2.79. The van der Waals surface area contributed by atoms with Crippen LogP contribution in [-0.2, 0) is 9.59 Å². The van der Waals surface area contributed by atoms with Crippen molar-refractivity contribution in [3.05, 3.63) is 11.9 Å². The lowest BCUT2D eigenvalue weighted by molar-refractivity contribution is -0.138. The molecule has 9 nitrogen and oxygen atoms in total. The molecule has 0 saturated heterocycles. The van der Waals surface area contributed by atoms with Crippen molar-refractivity contribution in [1.29, 1.82) is 0 Å². The van der Waals surface area contributed by atoms with Gasteiger partial charge in [0, 0.05) is 0 Å². The first-order valence-corrected chi connectivity index (χ1v) is 4.16. The van der Waals surface area contributed by atoms with E-state index in [9.17, 15) is 14.4 Å². The summed E-state index contributed by atoms with van der Waals surface area (Å²) in [4.78, 5) is 33.5. The molecule has 0 aliphatic heterocycles. The molecule has 0 unspecified atom stereocenters. The predicted octanol–water partition coefficient (Wildman–Crippen LogP) is -2.18. The van der Waals surface area contributed by atoms with E-state index in [2.05, 4.69) is 15.4 Å². The molecule has 16 heavy (non-hydrogen) atoms. The number of rotatable bonds is 5. The molecule has 0 spiro atoms. The van der Waals surface area contributed by atoms with Gasteiger partial charge in [-0.2, -0.15) is 15.4 Å². The Morgan fingerprint density at radius 3 is 2.56 bits per heavy atom. The number of nitrogens with one attached hydrogen (secondary N) is 1. The third kappa shape index (κ3) is 3.04. The first kappa shape index (κ1) is 11.6. The van der Waals surface area contributed by atoms with E-state index in [-0.39, 0.29) is 5.69 Å². The van der Waals surface area contributed by atoms with Gasteiger partial charge in [-0.1, -0.05) is 0 Å². The number of amides is 2. The molecule has 0 aromatic carbocycles. The molecule has 86 valence electrons. The van der Waals surface area contributed by atoms with Crippen LogP contribution in [0.5, 0.6) is 0 Å². The van der Waals surface area contributed by atoms with E-state index in [0.29, 0.717) is 0 Å². The van der Waals surface area contributed by atoms with Gasteiger partial charge in [0.25, 0.3) is 5.91 Å². The second-order valence-electron chi connectivity index (χ2n) is 2.88. The van der Waals surface area contributed by atoms with Crippen LogP contribution >= 0.6 is 0 Å². The standard InChI is InChI=1S/C7H9N5O4/c8-5(13)2-12(3-6(14)15)7(16)4-1-9-11-10-4/h1H,2-3H2,(H2,8,13)(H,14,15)(H,9,10,11). The molecule has 0 saturated carbocycles. The number of carboxylic acids is 1. The van der Waals surface area contributed by atoms with Gasteiger partial charge in [-0.15, -0.1) is 0 Å². The van der Waals surface area contributed by atoms with E-state index in [1.54, 1.807) is 0 Å². The Morgan fingerprint density at radius 1 is 1.44 bits per heavy atom. The van der Waals surface area contributed by atoms with Crippen molar-refractivity contribution >= 4 is 17.8 Å². The number of aliphatic carboxylic acids is 1. The van der Waals surface area contributed by atoms with Crippen LogP contribution in [0, 0.1) is 0 Å². The molecular weight excluding hydrogens is 218 g/mol. The number of carbonyl (C=O) groups excluding carboxylic acids is 2. The SMILES string of the molecule is NC(=O)CN(CC(=O)O)C(=O)c1cn[nH]n1. The highest BCUT2D eigenvalue weighted by Gasteiger charge is 2.21. The highest BCUT2D eigenvalue weighted by Crippen LogP contribution is 1.98. The normalized spacial score (nSPS) is 9.75. The Labute approximate surface area is 89.2 Å². The van der Waals surface area contributed by atoms with Crippen molar-refractivity contribution < 1.29 is 19.5 Å². The maximum atomic E-state index is 11.6.